The molecule has 19 heavy (non-hydrogen) atoms. The molecule has 0 saturated heterocycles. The van der Waals surface area contributed by atoms with Gasteiger partial charge in [-0.2, -0.15) is 0 Å². The lowest BCUT2D eigenvalue weighted by Gasteiger charge is -2.38. The standard InChI is InChI=1S/C13H15ClN2O3/c1-8-3-4-9(14)10(7-8)15-12(19)16-13(11(17)18)5-2-6-13/h3-4,7H,2,5-6H2,1H3,(H,17,18)(H2,15,16,19). The molecule has 0 atom stereocenters. The van der Waals surface area contributed by atoms with E-state index in [1.165, 1.54) is 0 Å². The number of carbonyl (C=O) groups is 2. The average molecular weight is 283 g/mol. The van der Waals surface area contributed by atoms with Gasteiger partial charge in [0.15, 0.2) is 0 Å². The number of nitrogens with one attached hydrogen (secondary N) is 2. The van der Waals surface area contributed by atoms with Crippen LogP contribution in [0.3, 0.4) is 0 Å². The number of amides is 2. The third-order valence-electron chi connectivity index (χ3n) is 3.34. The zero-order valence-electron chi connectivity index (χ0n) is 10.5. The van der Waals surface area contributed by atoms with Gasteiger partial charge in [-0.15, -0.1) is 0 Å². The molecule has 1 aliphatic carbocycles. The Hall–Kier alpha value is -1.75. The molecule has 1 aromatic carbocycles. The number of anilines is 1. The maximum atomic E-state index is 11.8. The van der Waals surface area contributed by atoms with Gasteiger partial charge in [-0.1, -0.05) is 17.7 Å². The molecular weight excluding hydrogens is 268 g/mol. The Morgan fingerprint density at radius 2 is 2.05 bits per heavy atom. The van der Waals surface area contributed by atoms with Gasteiger partial charge in [0.25, 0.3) is 0 Å². The van der Waals surface area contributed by atoms with Crippen LogP contribution in [0.2, 0.25) is 5.02 Å². The fourth-order valence-corrected chi connectivity index (χ4v) is 2.19. The maximum Gasteiger partial charge on any atom is 0.329 e. The molecule has 0 aromatic heterocycles. The largest absolute Gasteiger partial charge is 0.480 e. The van der Waals surface area contributed by atoms with Crippen LogP contribution in [0.1, 0.15) is 24.8 Å². The van der Waals surface area contributed by atoms with Gasteiger partial charge in [0.2, 0.25) is 0 Å². The van der Waals surface area contributed by atoms with Crippen LogP contribution < -0.4 is 10.6 Å². The second-order valence-electron chi connectivity index (χ2n) is 4.80. The highest BCUT2D eigenvalue weighted by atomic mass is 35.5. The smallest absolute Gasteiger partial charge is 0.329 e. The number of hydrogen-bond acceptors (Lipinski definition) is 2. The molecule has 0 bridgehead atoms. The van der Waals surface area contributed by atoms with Gasteiger partial charge in [-0.3, -0.25) is 0 Å². The molecule has 0 unspecified atom stereocenters. The van der Waals surface area contributed by atoms with Crippen molar-refractivity contribution in [1.82, 2.24) is 5.32 Å². The third-order valence-corrected chi connectivity index (χ3v) is 3.67. The number of urea groups is 1. The molecule has 0 radical (unpaired) electrons. The van der Waals surface area contributed by atoms with E-state index < -0.39 is 17.5 Å². The molecule has 1 aromatic rings. The number of benzene rings is 1. The van der Waals surface area contributed by atoms with Crippen molar-refractivity contribution in [2.24, 2.45) is 0 Å². The minimum Gasteiger partial charge on any atom is -0.480 e. The number of carboxylic acid groups (broad SMARTS) is 1. The van der Waals surface area contributed by atoms with Crippen LogP contribution in [0.25, 0.3) is 0 Å². The van der Waals surface area contributed by atoms with E-state index >= 15 is 0 Å². The summed E-state index contributed by atoms with van der Waals surface area (Å²) in [5, 5.41) is 14.6. The molecule has 0 spiro atoms. The number of carboxylic acids is 1. The number of halogens is 1. The average Bonchev–Trinajstić information content (AvgIpc) is 2.28. The molecule has 3 N–H and O–H groups in total. The fraction of sp³-hybridized carbons (Fsp3) is 0.385. The Bertz CT molecular complexity index is 527. The second kappa shape index (κ2) is 5.09. The van der Waals surface area contributed by atoms with Gasteiger partial charge in [0, 0.05) is 0 Å². The summed E-state index contributed by atoms with van der Waals surface area (Å²) >= 11 is 5.96. The normalized spacial score (nSPS) is 16.3. The zero-order chi connectivity index (χ0) is 14.0. The third kappa shape index (κ3) is 2.81. The lowest BCUT2D eigenvalue weighted by atomic mass is 9.77. The minimum atomic E-state index is -1.12. The molecule has 0 heterocycles. The van der Waals surface area contributed by atoms with Crippen molar-refractivity contribution in [3.05, 3.63) is 28.8 Å². The summed E-state index contributed by atoms with van der Waals surface area (Å²) in [5.41, 5.74) is 0.302. The van der Waals surface area contributed by atoms with E-state index in [-0.39, 0.29) is 0 Å². The summed E-state index contributed by atoms with van der Waals surface area (Å²) in [4.78, 5) is 23.0. The summed E-state index contributed by atoms with van der Waals surface area (Å²) in [6.45, 7) is 1.88. The van der Waals surface area contributed by atoms with E-state index in [4.69, 9.17) is 16.7 Å². The quantitative estimate of drug-likeness (QED) is 0.797. The first kappa shape index (κ1) is 13.7. The summed E-state index contributed by atoms with van der Waals surface area (Å²) in [6.07, 6.45) is 1.71. The van der Waals surface area contributed by atoms with Crippen molar-refractivity contribution in [3.8, 4) is 0 Å². The van der Waals surface area contributed by atoms with Crippen molar-refractivity contribution in [1.29, 1.82) is 0 Å². The highest BCUT2D eigenvalue weighted by molar-refractivity contribution is 6.33. The van der Waals surface area contributed by atoms with Gasteiger partial charge in [-0.25, -0.2) is 9.59 Å². The first-order valence-corrected chi connectivity index (χ1v) is 6.39. The summed E-state index contributed by atoms with van der Waals surface area (Å²) < 4.78 is 0. The summed E-state index contributed by atoms with van der Waals surface area (Å²) in [5.74, 6) is -0.996. The summed E-state index contributed by atoms with van der Waals surface area (Å²) in [7, 11) is 0. The van der Waals surface area contributed by atoms with Gasteiger partial charge < -0.3 is 15.7 Å². The Balaban J connectivity index is 2.05. The molecule has 102 valence electrons. The molecule has 6 heteroatoms. The van der Waals surface area contributed by atoms with Gasteiger partial charge in [0.1, 0.15) is 5.54 Å². The Morgan fingerprint density at radius 3 is 2.58 bits per heavy atom. The van der Waals surface area contributed by atoms with Crippen molar-refractivity contribution in [2.45, 2.75) is 31.7 Å². The van der Waals surface area contributed by atoms with Crippen molar-refractivity contribution >= 4 is 29.3 Å². The monoisotopic (exact) mass is 282 g/mol. The molecule has 1 fully saturated rings. The van der Waals surface area contributed by atoms with E-state index in [1.54, 1.807) is 12.1 Å². The van der Waals surface area contributed by atoms with Crippen LogP contribution in [0.4, 0.5) is 10.5 Å². The molecule has 2 amide bonds. The van der Waals surface area contributed by atoms with E-state index in [0.717, 1.165) is 12.0 Å². The van der Waals surface area contributed by atoms with Crippen molar-refractivity contribution in [2.75, 3.05) is 5.32 Å². The van der Waals surface area contributed by atoms with Gasteiger partial charge >= 0.3 is 12.0 Å². The maximum absolute atomic E-state index is 11.8. The molecular formula is C13H15ClN2O3. The Morgan fingerprint density at radius 1 is 1.37 bits per heavy atom. The fourth-order valence-electron chi connectivity index (χ4n) is 2.03. The van der Waals surface area contributed by atoms with Gasteiger partial charge in [0.05, 0.1) is 10.7 Å². The minimum absolute atomic E-state index is 0.415. The highest BCUT2D eigenvalue weighted by Crippen LogP contribution is 2.32. The topological polar surface area (TPSA) is 78.4 Å². The molecule has 1 aliphatic rings. The first-order valence-electron chi connectivity index (χ1n) is 6.02. The van der Waals surface area contributed by atoms with E-state index in [1.807, 2.05) is 13.0 Å². The molecule has 1 saturated carbocycles. The predicted octanol–water partition coefficient (Wildman–Crippen LogP) is 2.78. The van der Waals surface area contributed by atoms with Gasteiger partial charge in [-0.05, 0) is 43.9 Å². The molecule has 0 aliphatic heterocycles. The highest BCUT2D eigenvalue weighted by Gasteiger charge is 2.45. The van der Waals surface area contributed by atoms with Crippen LogP contribution in [0.15, 0.2) is 18.2 Å². The lowest BCUT2D eigenvalue weighted by molar-refractivity contribution is -0.148. The Kier molecular flexibility index (Phi) is 3.66. The van der Waals surface area contributed by atoms with Crippen LogP contribution in [-0.4, -0.2) is 22.6 Å². The molecule has 5 nitrogen and oxygen atoms in total. The summed E-state index contributed by atoms with van der Waals surface area (Å²) in [6, 6.07) is 4.70. The van der Waals surface area contributed by atoms with E-state index in [9.17, 15) is 9.59 Å². The number of aryl methyl sites for hydroxylation is 1. The van der Waals surface area contributed by atoms with Crippen LogP contribution in [0.5, 0.6) is 0 Å². The lowest BCUT2D eigenvalue weighted by Crippen LogP contribution is -2.60. The van der Waals surface area contributed by atoms with Crippen molar-refractivity contribution < 1.29 is 14.7 Å². The number of aliphatic carboxylic acids is 1. The number of carbonyl (C=O) groups excluding carboxylic acids is 1. The zero-order valence-corrected chi connectivity index (χ0v) is 11.3. The van der Waals surface area contributed by atoms with Crippen LogP contribution in [-0.2, 0) is 4.79 Å². The predicted molar refractivity (Wildman–Crippen MR) is 72.6 cm³/mol. The van der Waals surface area contributed by atoms with E-state index in [2.05, 4.69) is 10.6 Å². The van der Waals surface area contributed by atoms with Crippen LogP contribution in [0, 0.1) is 6.92 Å². The first-order chi connectivity index (χ1) is 8.93. The van der Waals surface area contributed by atoms with Crippen molar-refractivity contribution in [3.63, 3.8) is 0 Å². The van der Waals surface area contributed by atoms with E-state index in [0.29, 0.717) is 23.6 Å². The Labute approximate surface area is 116 Å². The number of hydrogen-bond donors (Lipinski definition) is 3. The second-order valence-corrected chi connectivity index (χ2v) is 5.21. The number of rotatable bonds is 3. The SMILES string of the molecule is Cc1ccc(Cl)c(NC(=O)NC2(C(=O)O)CCC2)c1. The molecule has 2 rings (SSSR count). The van der Waals surface area contributed by atoms with Crippen LogP contribution >= 0.6 is 11.6 Å².